The molecule has 1 aromatic carbocycles. The number of ether oxygens (including phenoxy) is 3. The summed E-state index contributed by atoms with van der Waals surface area (Å²) < 4.78 is 15.9. The lowest BCUT2D eigenvalue weighted by molar-refractivity contribution is 0.107. The number of benzene rings is 1. The van der Waals surface area contributed by atoms with E-state index in [0.717, 1.165) is 0 Å². The van der Waals surface area contributed by atoms with Gasteiger partial charge in [-0.25, -0.2) is 0 Å². The predicted molar refractivity (Wildman–Crippen MR) is 65.5 cm³/mol. The Morgan fingerprint density at radius 2 is 1.71 bits per heavy atom. The third-order valence-corrected chi connectivity index (χ3v) is 2.27. The highest BCUT2D eigenvalue weighted by Crippen LogP contribution is 2.38. The normalized spacial score (nSPS) is 9.88. The molecule has 0 aliphatic carbocycles. The van der Waals surface area contributed by atoms with Crippen LogP contribution in [-0.4, -0.2) is 25.6 Å². The van der Waals surface area contributed by atoms with Crippen molar-refractivity contribution in [1.82, 2.24) is 0 Å². The van der Waals surface area contributed by atoms with Crippen LogP contribution in [0.5, 0.6) is 17.2 Å². The van der Waals surface area contributed by atoms with Gasteiger partial charge < -0.3 is 14.2 Å². The van der Waals surface area contributed by atoms with Crippen molar-refractivity contribution in [3.8, 4) is 17.2 Å². The van der Waals surface area contributed by atoms with Crippen LogP contribution in [0.2, 0.25) is 0 Å². The summed E-state index contributed by atoms with van der Waals surface area (Å²) in [5.41, 5.74) is 0.196. The Balaban J connectivity index is 3.33. The van der Waals surface area contributed by atoms with E-state index >= 15 is 0 Å². The van der Waals surface area contributed by atoms with Crippen LogP contribution in [-0.2, 0) is 0 Å². The van der Waals surface area contributed by atoms with Gasteiger partial charge in [0.2, 0.25) is 0 Å². The molecule has 0 heterocycles. The molecule has 0 amide bonds. The molecule has 0 bridgehead atoms. The predicted octanol–water partition coefficient (Wildman–Crippen LogP) is 2.87. The largest absolute Gasteiger partial charge is 0.493 e. The van der Waals surface area contributed by atoms with Crippen molar-refractivity contribution < 1.29 is 19.0 Å². The Hall–Kier alpha value is -1.42. The molecule has 0 atom stereocenters. The molecular formula is C12H15ClO4. The second kappa shape index (κ2) is 6.35. The van der Waals surface area contributed by atoms with E-state index in [2.05, 4.69) is 0 Å². The van der Waals surface area contributed by atoms with E-state index in [1.807, 2.05) is 13.8 Å². The van der Waals surface area contributed by atoms with E-state index in [-0.39, 0.29) is 5.56 Å². The van der Waals surface area contributed by atoms with E-state index in [4.69, 9.17) is 25.8 Å². The summed E-state index contributed by atoms with van der Waals surface area (Å²) in [4.78, 5) is 11.4. The Morgan fingerprint density at radius 1 is 1.18 bits per heavy atom. The number of hydrogen-bond acceptors (Lipinski definition) is 4. The van der Waals surface area contributed by atoms with E-state index in [1.165, 1.54) is 7.11 Å². The molecule has 0 aliphatic rings. The highest BCUT2D eigenvalue weighted by Gasteiger charge is 2.21. The van der Waals surface area contributed by atoms with E-state index < -0.39 is 5.24 Å². The van der Waals surface area contributed by atoms with Gasteiger partial charge in [-0.2, -0.15) is 0 Å². The fourth-order valence-electron chi connectivity index (χ4n) is 1.48. The Bertz CT molecular complexity index is 404. The summed E-state index contributed by atoms with van der Waals surface area (Å²) in [6, 6.07) is 3.34. The lowest BCUT2D eigenvalue weighted by atomic mass is 10.1. The molecule has 0 saturated carbocycles. The van der Waals surface area contributed by atoms with Gasteiger partial charge in [-0.15, -0.1) is 0 Å². The maximum absolute atomic E-state index is 11.4. The number of rotatable bonds is 6. The molecule has 0 unspecified atom stereocenters. The summed E-state index contributed by atoms with van der Waals surface area (Å²) in [5, 5.41) is -0.633. The van der Waals surface area contributed by atoms with Crippen LogP contribution in [0.25, 0.3) is 0 Å². The number of hydrogen-bond donors (Lipinski definition) is 0. The first kappa shape index (κ1) is 13.6. The summed E-state index contributed by atoms with van der Waals surface area (Å²) >= 11 is 5.55. The van der Waals surface area contributed by atoms with Crippen molar-refractivity contribution in [3.63, 3.8) is 0 Å². The number of carbonyl (C=O) groups is 1. The minimum atomic E-state index is -0.633. The first-order valence-electron chi connectivity index (χ1n) is 5.32. The molecule has 0 aliphatic heterocycles. The topological polar surface area (TPSA) is 44.8 Å². The SMILES string of the molecule is CCOc1ccc(OCC)c(C(=O)Cl)c1OC. The summed E-state index contributed by atoms with van der Waals surface area (Å²) in [6.07, 6.45) is 0. The number of halogens is 1. The zero-order valence-electron chi connectivity index (χ0n) is 10.1. The molecule has 94 valence electrons. The van der Waals surface area contributed by atoms with Crippen LogP contribution in [0.1, 0.15) is 24.2 Å². The van der Waals surface area contributed by atoms with E-state index in [1.54, 1.807) is 12.1 Å². The average molecular weight is 259 g/mol. The fourth-order valence-corrected chi connectivity index (χ4v) is 1.66. The monoisotopic (exact) mass is 258 g/mol. The summed E-state index contributed by atoms with van der Waals surface area (Å²) in [5.74, 6) is 1.17. The summed E-state index contributed by atoms with van der Waals surface area (Å²) in [7, 11) is 1.46. The van der Waals surface area contributed by atoms with Gasteiger partial charge in [0.05, 0.1) is 20.3 Å². The minimum absolute atomic E-state index is 0.196. The smallest absolute Gasteiger partial charge is 0.260 e. The van der Waals surface area contributed by atoms with Crippen LogP contribution in [0, 0.1) is 0 Å². The van der Waals surface area contributed by atoms with Crippen molar-refractivity contribution in [2.45, 2.75) is 13.8 Å². The first-order valence-corrected chi connectivity index (χ1v) is 5.69. The maximum Gasteiger partial charge on any atom is 0.260 e. The quantitative estimate of drug-likeness (QED) is 0.736. The zero-order valence-corrected chi connectivity index (χ0v) is 10.8. The second-order valence-corrected chi connectivity index (χ2v) is 3.45. The van der Waals surface area contributed by atoms with Crippen LogP contribution in [0.4, 0.5) is 0 Å². The molecule has 0 radical (unpaired) electrons. The van der Waals surface area contributed by atoms with Gasteiger partial charge in [-0.3, -0.25) is 4.79 Å². The second-order valence-electron chi connectivity index (χ2n) is 3.11. The minimum Gasteiger partial charge on any atom is -0.493 e. The van der Waals surface area contributed by atoms with Crippen LogP contribution in [0.3, 0.4) is 0 Å². The van der Waals surface area contributed by atoms with Crippen LogP contribution < -0.4 is 14.2 Å². The van der Waals surface area contributed by atoms with Crippen molar-refractivity contribution in [1.29, 1.82) is 0 Å². The molecule has 4 nitrogen and oxygen atoms in total. The lowest BCUT2D eigenvalue weighted by Gasteiger charge is -2.15. The number of carbonyl (C=O) groups excluding carboxylic acids is 1. The van der Waals surface area contributed by atoms with Crippen molar-refractivity contribution in [2.75, 3.05) is 20.3 Å². The van der Waals surface area contributed by atoms with Crippen molar-refractivity contribution in [2.24, 2.45) is 0 Å². The van der Waals surface area contributed by atoms with E-state index in [9.17, 15) is 4.79 Å². The molecule has 17 heavy (non-hydrogen) atoms. The summed E-state index contributed by atoms with van der Waals surface area (Å²) in [6.45, 7) is 4.58. The molecule has 1 rings (SSSR count). The molecule has 0 N–H and O–H groups in total. The molecule has 0 saturated heterocycles. The van der Waals surface area contributed by atoms with Gasteiger partial charge in [-0.1, -0.05) is 0 Å². The molecule has 0 fully saturated rings. The van der Waals surface area contributed by atoms with Gasteiger partial charge in [-0.05, 0) is 37.6 Å². The third kappa shape index (κ3) is 3.03. The lowest BCUT2D eigenvalue weighted by Crippen LogP contribution is -2.04. The van der Waals surface area contributed by atoms with E-state index in [0.29, 0.717) is 30.5 Å². The highest BCUT2D eigenvalue weighted by molar-refractivity contribution is 6.68. The maximum atomic E-state index is 11.4. The molecule has 1 aromatic rings. The van der Waals surface area contributed by atoms with Gasteiger partial charge in [0.25, 0.3) is 5.24 Å². The van der Waals surface area contributed by atoms with Crippen LogP contribution >= 0.6 is 11.6 Å². The first-order chi connectivity index (χ1) is 8.15. The van der Waals surface area contributed by atoms with Gasteiger partial charge >= 0.3 is 0 Å². The third-order valence-electron chi connectivity index (χ3n) is 2.08. The Kier molecular flexibility index (Phi) is 5.10. The number of methoxy groups -OCH3 is 1. The standard InChI is InChI=1S/C12H15ClO4/c1-4-16-8-6-7-9(17-5-2)11(15-3)10(8)12(13)14/h6-7H,4-5H2,1-3H3. The Morgan fingerprint density at radius 3 is 2.18 bits per heavy atom. The van der Waals surface area contributed by atoms with Crippen LogP contribution in [0.15, 0.2) is 12.1 Å². The van der Waals surface area contributed by atoms with Gasteiger partial charge in [0, 0.05) is 0 Å². The molecular weight excluding hydrogens is 244 g/mol. The molecule has 0 aromatic heterocycles. The highest BCUT2D eigenvalue weighted by atomic mass is 35.5. The van der Waals surface area contributed by atoms with Crippen molar-refractivity contribution in [3.05, 3.63) is 17.7 Å². The fraction of sp³-hybridized carbons (Fsp3) is 0.417. The molecule has 0 spiro atoms. The van der Waals surface area contributed by atoms with Gasteiger partial charge in [0.15, 0.2) is 11.5 Å². The van der Waals surface area contributed by atoms with Gasteiger partial charge in [0.1, 0.15) is 11.3 Å². The molecule has 5 heteroatoms. The average Bonchev–Trinajstić information content (AvgIpc) is 2.30. The van der Waals surface area contributed by atoms with Crippen molar-refractivity contribution >= 4 is 16.8 Å². The Labute approximate surface area is 105 Å². The zero-order chi connectivity index (χ0) is 12.8.